The van der Waals surface area contributed by atoms with Crippen LogP contribution in [-0.4, -0.2) is 15.2 Å². The summed E-state index contributed by atoms with van der Waals surface area (Å²) in [6.07, 6.45) is 0. The standard InChI is InChI=1S/C15H12BrN3O/c1-9-10(2)18-19-15(17-9)20-14-6-4-11-7-13(16)5-3-12(11)8-14/h3-8H,1-2H3. The second kappa shape index (κ2) is 5.17. The molecule has 0 aliphatic rings. The van der Waals surface area contributed by atoms with Crippen LogP contribution in [0.15, 0.2) is 40.9 Å². The zero-order valence-corrected chi connectivity index (χ0v) is 12.7. The Bertz CT molecular complexity index is 789. The second-order valence-corrected chi connectivity index (χ2v) is 5.44. The molecule has 3 rings (SSSR count). The van der Waals surface area contributed by atoms with Gasteiger partial charge in [-0.1, -0.05) is 33.2 Å². The van der Waals surface area contributed by atoms with Crippen molar-refractivity contribution in [3.05, 3.63) is 52.3 Å². The van der Waals surface area contributed by atoms with Crippen molar-refractivity contribution in [1.82, 2.24) is 15.2 Å². The molecule has 3 aromatic rings. The van der Waals surface area contributed by atoms with Crippen molar-refractivity contribution < 1.29 is 4.74 Å². The Hall–Kier alpha value is -2.01. The van der Waals surface area contributed by atoms with E-state index in [1.807, 2.05) is 44.2 Å². The fraction of sp³-hybridized carbons (Fsp3) is 0.133. The van der Waals surface area contributed by atoms with Gasteiger partial charge in [0.15, 0.2) is 0 Å². The Morgan fingerprint density at radius 2 is 1.65 bits per heavy atom. The third-order valence-electron chi connectivity index (χ3n) is 3.06. The van der Waals surface area contributed by atoms with E-state index in [9.17, 15) is 0 Å². The number of benzene rings is 2. The van der Waals surface area contributed by atoms with Crippen LogP contribution in [0.4, 0.5) is 0 Å². The third kappa shape index (κ3) is 2.63. The maximum absolute atomic E-state index is 5.66. The number of halogens is 1. The molecule has 0 bridgehead atoms. The van der Waals surface area contributed by atoms with Crippen LogP contribution in [0.3, 0.4) is 0 Å². The summed E-state index contributed by atoms with van der Waals surface area (Å²) in [5.74, 6) is 0.699. The average Bonchev–Trinajstić information content (AvgIpc) is 2.43. The number of ether oxygens (including phenoxy) is 1. The summed E-state index contributed by atoms with van der Waals surface area (Å²) >= 11 is 3.46. The Balaban J connectivity index is 1.94. The van der Waals surface area contributed by atoms with Gasteiger partial charge in [0.1, 0.15) is 5.75 Å². The Labute approximate surface area is 125 Å². The van der Waals surface area contributed by atoms with Crippen LogP contribution in [0.2, 0.25) is 0 Å². The lowest BCUT2D eigenvalue weighted by molar-refractivity contribution is 0.431. The maximum atomic E-state index is 5.66. The minimum atomic E-state index is 0.268. The highest BCUT2D eigenvalue weighted by Gasteiger charge is 2.05. The summed E-state index contributed by atoms with van der Waals surface area (Å²) < 4.78 is 6.71. The smallest absolute Gasteiger partial charge is 0.341 e. The molecule has 0 aliphatic heterocycles. The minimum absolute atomic E-state index is 0.268. The molecular formula is C15H12BrN3O. The minimum Gasteiger partial charge on any atom is -0.423 e. The molecule has 0 unspecified atom stereocenters. The second-order valence-electron chi connectivity index (χ2n) is 4.52. The molecule has 4 nitrogen and oxygen atoms in total. The molecule has 0 spiro atoms. The normalized spacial score (nSPS) is 10.8. The van der Waals surface area contributed by atoms with E-state index in [0.29, 0.717) is 5.75 Å². The largest absolute Gasteiger partial charge is 0.423 e. The Morgan fingerprint density at radius 3 is 2.45 bits per heavy atom. The van der Waals surface area contributed by atoms with Gasteiger partial charge in [-0.3, -0.25) is 0 Å². The number of aromatic nitrogens is 3. The SMILES string of the molecule is Cc1nnc(Oc2ccc3cc(Br)ccc3c2)nc1C. The first kappa shape index (κ1) is 13.0. The summed E-state index contributed by atoms with van der Waals surface area (Å²) in [6.45, 7) is 3.75. The Morgan fingerprint density at radius 1 is 0.900 bits per heavy atom. The van der Waals surface area contributed by atoms with E-state index < -0.39 is 0 Å². The highest BCUT2D eigenvalue weighted by Crippen LogP contribution is 2.26. The first-order valence-corrected chi connectivity index (χ1v) is 6.96. The summed E-state index contributed by atoms with van der Waals surface area (Å²) in [5, 5.41) is 10.2. The van der Waals surface area contributed by atoms with E-state index in [0.717, 1.165) is 26.6 Å². The topological polar surface area (TPSA) is 47.9 Å². The van der Waals surface area contributed by atoms with Crippen LogP contribution < -0.4 is 4.74 Å². The van der Waals surface area contributed by atoms with Crippen molar-refractivity contribution in [3.8, 4) is 11.8 Å². The lowest BCUT2D eigenvalue weighted by Crippen LogP contribution is -1.99. The van der Waals surface area contributed by atoms with Crippen LogP contribution in [0.1, 0.15) is 11.4 Å². The van der Waals surface area contributed by atoms with E-state index in [4.69, 9.17) is 4.74 Å². The number of hydrogen-bond acceptors (Lipinski definition) is 4. The van der Waals surface area contributed by atoms with Gasteiger partial charge in [0.25, 0.3) is 0 Å². The zero-order chi connectivity index (χ0) is 14.1. The third-order valence-corrected chi connectivity index (χ3v) is 3.55. The van der Waals surface area contributed by atoms with Crippen molar-refractivity contribution in [1.29, 1.82) is 0 Å². The molecule has 5 heteroatoms. The predicted molar refractivity (Wildman–Crippen MR) is 81.0 cm³/mol. The maximum Gasteiger partial charge on any atom is 0.341 e. The van der Waals surface area contributed by atoms with Gasteiger partial charge in [0.05, 0.1) is 11.4 Å². The van der Waals surface area contributed by atoms with E-state index in [-0.39, 0.29) is 6.01 Å². The lowest BCUT2D eigenvalue weighted by atomic mass is 10.1. The van der Waals surface area contributed by atoms with Crippen molar-refractivity contribution in [3.63, 3.8) is 0 Å². The molecule has 1 aromatic heterocycles. The van der Waals surface area contributed by atoms with E-state index in [2.05, 4.69) is 37.2 Å². The van der Waals surface area contributed by atoms with Gasteiger partial charge in [-0.2, -0.15) is 4.98 Å². The number of fused-ring (bicyclic) bond motifs is 1. The van der Waals surface area contributed by atoms with Gasteiger partial charge in [-0.05, 0) is 48.9 Å². The first-order chi connectivity index (χ1) is 9.61. The quantitative estimate of drug-likeness (QED) is 0.707. The van der Waals surface area contributed by atoms with Crippen molar-refractivity contribution in [2.75, 3.05) is 0 Å². The van der Waals surface area contributed by atoms with Crippen LogP contribution in [0, 0.1) is 13.8 Å². The first-order valence-electron chi connectivity index (χ1n) is 6.17. The Kier molecular flexibility index (Phi) is 3.36. The van der Waals surface area contributed by atoms with Gasteiger partial charge in [0.2, 0.25) is 0 Å². The van der Waals surface area contributed by atoms with Crippen molar-refractivity contribution in [2.24, 2.45) is 0 Å². The summed E-state index contributed by atoms with van der Waals surface area (Å²) in [5.41, 5.74) is 1.63. The van der Waals surface area contributed by atoms with Crippen molar-refractivity contribution in [2.45, 2.75) is 13.8 Å². The molecule has 0 saturated carbocycles. The highest BCUT2D eigenvalue weighted by atomic mass is 79.9. The summed E-state index contributed by atoms with van der Waals surface area (Å²) in [4.78, 5) is 4.26. The molecule has 0 amide bonds. The summed E-state index contributed by atoms with van der Waals surface area (Å²) in [6, 6.07) is 12.2. The van der Waals surface area contributed by atoms with Crippen LogP contribution >= 0.6 is 15.9 Å². The fourth-order valence-corrected chi connectivity index (χ4v) is 2.22. The van der Waals surface area contributed by atoms with E-state index >= 15 is 0 Å². The van der Waals surface area contributed by atoms with Crippen LogP contribution in [0.25, 0.3) is 10.8 Å². The molecule has 2 aromatic carbocycles. The number of hydrogen-bond donors (Lipinski definition) is 0. The number of nitrogens with zero attached hydrogens (tertiary/aromatic N) is 3. The molecule has 0 aliphatic carbocycles. The molecule has 0 saturated heterocycles. The monoisotopic (exact) mass is 329 g/mol. The average molecular weight is 330 g/mol. The van der Waals surface area contributed by atoms with Crippen LogP contribution in [0.5, 0.6) is 11.8 Å². The van der Waals surface area contributed by atoms with Gasteiger partial charge >= 0.3 is 6.01 Å². The van der Waals surface area contributed by atoms with Gasteiger partial charge in [0, 0.05) is 4.47 Å². The molecule has 20 heavy (non-hydrogen) atoms. The highest BCUT2D eigenvalue weighted by molar-refractivity contribution is 9.10. The van der Waals surface area contributed by atoms with Gasteiger partial charge in [-0.25, -0.2) is 0 Å². The number of rotatable bonds is 2. The van der Waals surface area contributed by atoms with E-state index in [1.54, 1.807) is 0 Å². The van der Waals surface area contributed by atoms with Crippen molar-refractivity contribution >= 4 is 26.7 Å². The lowest BCUT2D eigenvalue weighted by Gasteiger charge is -2.06. The molecule has 0 N–H and O–H groups in total. The molecule has 0 atom stereocenters. The molecule has 0 fully saturated rings. The summed E-state index contributed by atoms with van der Waals surface area (Å²) in [7, 11) is 0. The number of aryl methyl sites for hydroxylation is 2. The molecule has 100 valence electrons. The van der Waals surface area contributed by atoms with Gasteiger partial charge in [-0.15, -0.1) is 5.10 Å². The predicted octanol–water partition coefficient (Wildman–Crippen LogP) is 4.20. The molecule has 0 radical (unpaired) electrons. The van der Waals surface area contributed by atoms with E-state index in [1.165, 1.54) is 0 Å². The fourth-order valence-electron chi connectivity index (χ4n) is 1.84. The zero-order valence-electron chi connectivity index (χ0n) is 11.1. The molecular weight excluding hydrogens is 318 g/mol. The molecule has 1 heterocycles. The van der Waals surface area contributed by atoms with Crippen LogP contribution in [-0.2, 0) is 0 Å². The van der Waals surface area contributed by atoms with Gasteiger partial charge < -0.3 is 4.74 Å².